The van der Waals surface area contributed by atoms with Crippen molar-refractivity contribution in [1.82, 2.24) is 10.3 Å². The summed E-state index contributed by atoms with van der Waals surface area (Å²) in [7, 11) is 0. The first kappa shape index (κ1) is 17.0. The normalized spacial score (nSPS) is 13.4. The molecule has 1 aliphatic heterocycles. The molecule has 25 heavy (non-hydrogen) atoms. The summed E-state index contributed by atoms with van der Waals surface area (Å²) in [4.78, 5) is 28.9. The summed E-state index contributed by atoms with van der Waals surface area (Å²) < 4.78 is 5.34. The largest absolute Gasteiger partial charge is 0.487 e. The number of nitrogens with one attached hydrogen (secondary N) is 2. The van der Waals surface area contributed by atoms with E-state index in [9.17, 15) is 9.59 Å². The van der Waals surface area contributed by atoms with Crippen LogP contribution in [0.15, 0.2) is 59.8 Å². The summed E-state index contributed by atoms with van der Waals surface area (Å²) in [6, 6.07) is 12.4. The van der Waals surface area contributed by atoms with Crippen LogP contribution in [-0.2, 0) is 16.1 Å². The number of amides is 2. The number of ether oxygens (including phenoxy) is 1. The molecule has 0 bridgehead atoms. The first-order valence-corrected chi connectivity index (χ1v) is 8.82. The highest BCUT2D eigenvalue weighted by atomic mass is 32.2. The molecule has 1 aromatic carbocycles. The van der Waals surface area contributed by atoms with Crippen LogP contribution in [0.1, 0.15) is 16.1 Å². The number of benzene rings is 1. The Balaban J connectivity index is 1.68. The molecule has 0 aliphatic carbocycles. The topological polar surface area (TPSA) is 80.3 Å². The van der Waals surface area contributed by atoms with E-state index in [1.165, 1.54) is 11.8 Å². The van der Waals surface area contributed by atoms with Crippen molar-refractivity contribution in [3.8, 4) is 0 Å². The Labute approximate surface area is 149 Å². The molecule has 2 N–H and O–H groups in total. The summed E-state index contributed by atoms with van der Waals surface area (Å²) in [5, 5.41) is 7.23. The van der Waals surface area contributed by atoms with Gasteiger partial charge in [-0.25, -0.2) is 0 Å². The van der Waals surface area contributed by atoms with Gasteiger partial charge < -0.3 is 15.4 Å². The van der Waals surface area contributed by atoms with Crippen LogP contribution in [0.25, 0.3) is 0 Å². The predicted octanol–water partition coefficient (Wildman–Crippen LogP) is 2.55. The second-order valence-electron chi connectivity index (χ2n) is 5.20. The maximum atomic E-state index is 12.5. The van der Waals surface area contributed by atoms with Gasteiger partial charge in [-0.15, -0.1) is 11.8 Å². The fourth-order valence-corrected chi connectivity index (χ4v) is 2.85. The monoisotopic (exact) mass is 355 g/mol. The lowest BCUT2D eigenvalue weighted by Crippen LogP contribution is -2.26. The molecule has 0 atom stereocenters. The number of carbonyl (C=O) groups is 2. The number of aromatic nitrogens is 1. The first-order chi connectivity index (χ1) is 12.2. The molecule has 0 spiro atoms. The maximum Gasteiger partial charge on any atom is 0.291 e. The molecular formula is C18H17N3O3S. The Kier molecular flexibility index (Phi) is 5.69. The second-order valence-corrected chi connectivity index (χ2v) is 6.18. The summed E-state index contributed by atoms with van der Waals surface area (Å²) in [6.07, 6.45) is 1.67. The fourth-order valence-electron chi connectivity index (χ4n) is 2.23. The summed E-state index contributed by atoms with van der Waals surface area (Å²) in [5.74, 6) is 0.440. The van der Waals surface area contributed by atoms with Gasteiger partial charge in [-0.2, -0.15) is 0 Å². The van der Waals surface area contributed by atoms with E-state index in [0.717, 1.165) is 11.4 Å². The zero-order valence-electron chi connectivity index (χ0n) is 13.4. The number of carbonyl (C=O) groups excluding carboxylic acids is 2. The van der Waals surface area contributed by atoms with E-state index in [1.807, 2.05) is 18.2 Å². The third-order valence-corrected chi connectivity index (χ3v) is 4.23. The minimum absolute atomic E-state index is 0.264. The number of thioether (sulfide) groups is 1. The summed E-state index contributed by atoms with van der Waals surface area (Å²) in [5.41, 5.74) is 1.58. The molecule has 0 fully saturated rings. The number of rotatable bonds is 5. The van der Waals surface area contributed by atoms with E-state index in [0.29, 0.717) is 24.4 Å². The Morgan fingerprint density at radius 3 is 2.72 bits per heavy atom. The van der Waals surface area contributed by atoms with Crippen LogP contribution in [0.4, 0.5) is 5.69 Å². The lowest BCUT2D eigenvalue weighted by molar-refractivity contribution is -0.116. The van der Waals surface area contributed by atoms with E-state index in [-0.39, 0.29) is 17.6 Å². The molecule has 3 rings (SSSR count). The highest BCUT2D eigenvalue weighted by Crippen LogP contribution is 2.19. The van der Waals surface area contributed by atoms with E-state index in [1.54, 1.807) is 35.9 Å². The minimum atomic E-state index is -0.364. The van der Waals surface area contributed by atoms with Crippen molar-refractivity contribution in [2.45, 2.75) is 6.54 Å². The first-order valence-electron chi connectivity index (χ1n) is 7.77. The molecule has 0 radical (unpaired) electrons. The van der Waals surface area contributed by atoms with Crippen molar-refractivity contribution in [1.29, 1.82) is 0 Å². The van der Waals surface area contributed by atoms with Crippen molar-refractivity contribution >= 4 is 29.3 Å². The van der Waals surface area contributed by atoms with Gasteiger partial charge in [0.1, 0.15) is 0 Å². The molecule has 6 nitrogen and oxygen atoms in total. The van der Waals surface area contributed by atoms with E-state index < -0.39 is 0 Å². The SMILES string of the molecule is O=C(Nc1ccccc1C(=O)NCc1ccccn1)C1=CSCCO1. The molecule has 7 heteroatoms. The number of nitrogens with zero attached hydrogens (tertiary/aromatic N) is 1. The van der Waals surface area contributed by atoms with Crippen molar-refractivity contribution in [3.05, 3.63) is 71.1 Å². The zero-order chi connectivity index (χ0) is 17.5. The average Bonchev–Trinajstić information content (AvgIpc) is 2.68. The van der Waals surface area contributed by atoms with Gasteiger partial charge in [0.25, 0.3) is 11.8 Å². The van der Waals surface area contributed by atoms with Crippen LogP contribution >= 0.6 is 11.8 Å². The van der Waals surface area contributed by atoms with Crippen molar-refractivity contribution in [3.63, 3.8) is 0 Å². The Morgan fingerprint density at radius 1 is 1.12 bits per heavy atom. The van der Waals surface area contributed by atoms with Gasteiger partial charge in [-0.1, -0.05) is 18.2 Å². The van der Waals surface area contributed by atoms with Crippen molar-refractivity contribution in [2.24, 2.45) is 0 Å². The Hall–Kier alpha value is -2.80. The molecule has 0 saturated carbocycles. The smallest absolute Gasteiger partial charge is 0.291 e. The molecule has 2 amide bonds. The van der Waals surface area contributed by atoms with Crippen LogP contribution < -0.4 is 10.6 Å². The number of pyridine rings is 1. The van der Waals surface area contributed by atoms with Crippen LogP contribution in [0.3, 0.4) is 0 Å². The van der Waals surface area contributed by atoms with Gasteiger partial charge in [0.15, 0.2) is 5.76 Å². The number of para-hydroxylation sites is 1. The van der Waals surface area contributed by atoms with Crippen LogP contribution in [-0.4, -0.2) is 29.2 Å². The molecule has 0 unspecified atom stereocenters. The van der Waals surface area contributed by atoms with Gasteiger partial charge in [0.05, 0.1) is 30.1 Å². The predicted molar refractivity (Wildman–Crippen MR) is 97.0 cm³/mol. The Morgan fingerprint density at radius 2 is 1.96 bits per heavy atom. The van der Waals surface area contributed by atoms with Gasteiger partial charge in [0.2, 0.25) is 0 Å². The lowest BCUT2D eigenvalue weighted by Gasteiger charge is -2.15. The standard InChI is InChI=1S/C18H17N3O3S/c22-17(20-11-13-5-3-4-8-19-13)14-6-1-2-7-15(14)21-18(23)16-12-25-10-9-24-16/h1-8,12H,9-11H2,(H,20,22)(H,21,23). The maximum absolute atomic E-state index is 12.5. The third-order valence-electron chi connectivity index (χ3n) is 3.45. The molecule has 1 aliphatic rings. The van der Waals surface area contributed by atoms with Gasteiger partial charge in [-0.05, 0) is 24.3 Å². The molecule has 1 aromatic heterocycles. The minimum Gasteiger partial charge on any atom is -0.487 e. The van der Waals surface area contributed by atoms with Crippen LogP contribution in [0.5, 0.6) is 0 Å². The number of hydrogen-bond acceptors (Lipinski definition) is 5. The average molecular weight is 355 g/mol. The van der Waals surface area contributed by atoms with Gasteiger partial charge in [-0.3, -0.25) is 14.6 Å². The molecule has 2 heterocycles. The van der Waals surface area contributed by atoms with Gasteiger partial charge in [0, 0.05) is 17.4 Å². The van der Waals surface area contributed by atoms with Crippen LogP contribution in [0.2, 0.25) is 0 Å². The van der Waals surface area contributed by atoms with Crippen molar-refractivity contribution < 1.29 is 14.3 Å². The quantitative estimate of drug-likeness (QED) is 0.862. The summed E-state index contributed by atoms with van der Waals surface area (Å²) >= 11 is 1.52. The highest BCUT2D eigenvalue weighted by molar-refractivity contribution is 8.02. The van der Waals surface area contributed by atoms with Crippen molar-refractivity contribution in [2.75, 3.05) is 17.7 Å². The third kappa shape index (κ3) is 4.60. The molecular weight excluding hydrogens is 338 g/mol. The Bertz CT molecular complexity index is 793. The highest BCUT2D eigenvalue weighted by Gasteiger charge is 2.18. The summed E-state index contributed by atoms with van der Waals surface area (Å²) in [6.45, 7) is 0.809. The van der Waals surface area contributed by atoms with E-state index in [2.05, 4.69) is 15.6 Å². The second kappa shape index (κ2) is 8.34. The van der Waals surface area contributed by atoms with E-state index >= 15 is 0 Å². The zero-order valence-corrected chi connectivity index (χ0v) is 14.2. The number of hydrogen-bond donors (Lipinski definition) is 2. The fraction of sp³-hybridized carbons (Fsp3) is 0.167. The molecule has 0 saturated heterocycles. The molecule has 2 aromatic rings. The van der Waals surface area contributed by atoms with Gasteiger partial charge >= 0.3 is 0 Å². The van der Waals surface area contributed by atoms with E-state index in [4.69, 9.17) is 4.74 Å². The lowest BCUT2D eigenvalue weighted by atomic mass is 10.1. The number of anilines is 1. The molecule has 128 valence electrons. The van der Waals surface area contributed by atoms with Crippen LogP contribution in [0, 0.1) is 0 Å².